The average molecular weight is 224 g/mol. The van der Waals surface area contributed by atoms with Crippen molar-refractivity contribution in [3.8, 4) is 5.75 Å². The zero-order valence-corrected chi connectivity index (χ0v) is 9.45. The lowest BCUT2D eigenvalue weighted by Gasteiger charge is -2.16. The molecule has 1 aliphatic carbocycles. The molecule has 1 fully saturated rings. The third-order valence-corrected chi connectivity index (χ3v) is 2.88. The Morgan fingerprint density at radius 2 is 2.25 bits per heavy atom. The third-order valence-electron chi connectivity index (χ3n) is 2.88. The van der Waals surface area contributed by atoms with Gasteiger partial charge in [0.15, 0.2) is 0 Å². The first-order valence-electron chi connectivity index (χ1n) is 5.55. The van der Waals surface area contributed by atoms with Gasteiger partial charge in [-0.1, -0.05) is 6.07 Å². The van der Waals surface area contributed by atoms with Gasteiger partial charge in [-0.05, 0) is 32.0 Å². The molecular formula is C12H17FN2O. The molecule has 1 aromatic carbocycles. The Morgan fingerprint density at radius 3 is 2.94 bits per heavy atom. The number of nitrogens with zero attached hydrogens (tertiary/aromatic N) is 1. The molecule has 1 aromatic rings. The Morgan fingerprint density at radius 1 is 1.50 bits per heavy atom. The molecule has 0 radical (unpaired) electrons. The normalized spacial score (nSPS) is 15.4. The zero-order valence-electron chi connectivity index (χ0n) is 9.45. The molecule has 4 heteroatoms. The predicted molar refractivity (Wildman–Crippen MR) is 62.0 cm³/mol. The number of ether oxygens (including phenoxy) is 1. The van der Waals surface area contributed by atoms with Gasteiger partial charge in [-0.3, -0.25) is 0 Å². The number of rotatable bonds is 5. The summed E-state index contributed by atoms with van der Waals surface area (Å²) in [7, 11) is 2.08. The lowest BCUT2D eigenvalue weighted by Crippen LogP contribution is -2.26. The van der Waals surface area contributed by atoms with E-state index in [-0.39, 0.29) is 5.69 Å². The van der Waals surface area contributed by atoms with E-state index in [2.05, 4.69) is 11.9 Å². The number of halogens is 1. The monoisotopic (exact) mass is 224 g/mol. The van der Waals surface area contributed by atoms with E-state index in [1.807, 2.05) is 0 Å². The zero-order chi connectivity index (χ0) is 11.5. The van der Waals surface area contributed by atoms with Crippen molar-refractivity contribution in [3.05, 3.63) is 24.0 Å². The molecule has 0 spiro atoms. The highest BCUT2D eigenvalue weighted by molar-refractivity contribution is 5.53. The number of likely N-dealkylation sites (N-methyl/N-ethyl adjacent to an activating group) is 1. The molecule has 2 rings (SSSR count). The van der Waals surface area contributed by atoms with Crippen LogP contribution in [0.1, 0.15) is 12.8 Å². The minimum Gasteiger partial charge on any atom is -0.490 e. The first-order valence-corrected chi connectivity index (χ1v) is 5.55. The molecule has 0 heterocycles. The second-order valence-corrected chi connectivity index (χ2v) is 4.21. The predicted octanol–water partition coefficient (Wildman–Crippen LogP) is 1.88. The van der Waals surface area contributed by atoms with Crippen LogP contribution < -0.4 is 10.5 Å². The number of para-hydroxylation sites is 1. The summed E-state index contributed by atoms with van der Waals surface area (Å²) in [6.07, 6.45) is 2.55. The fourth-order valence-corrected chi connectivity index (χ4v) is 1.64. The quantitative estimate of drug-likeness (QED) is 0.776. The van der Waals surface area contributed by atoms with Crippen molar-refractivity contribution in [2.24, 2.45) is 0 Å². The molecule has 0 aromatic heterocycles. The van der Waals surface area contributed by atoms with Gasteiger partial charge in [0.1, 0.15) is 23.9 Å². The van der Waals surface area contributed by atoms with Crippen LogP contribution in [0, 0.1) is 5.82 Å². The molecule has 1 aliphatic rings. The van der Waals surface area contributed by atoms with Gasteiger partial charge < -0.3 is 15.4 Å². The smallest absolute Gasteiger partial charge is 0.149 e. The van der Waals surface area contributed by atoms with Gasteiger partial charge in [-0.2, -0.15) is 0 Å². The van der Waals surface area contributed by atoms with Gasteiger partial charge in [-0.25, -0.2) is 4.39 Å². The van der Waals surface area contributed by atoms with E-state index in [4.69, 9.17) is 10.5 Å². The van der Waals surface area contributed by atoms with Crippen LogP contribution in [0.2, 0.25) is 0 Å². The van der Waals surface area contributed by atoms with Crippen molar-refractivity contribution in [2.75, 3.05) is 25.9 Å². The molecule has 3 nitrogen and oxygen atoms in total. The molecular weight excluding hydrogens is 207 g/mol. The average Bonchev–Trinajstić information content (AvgIpc) is 3.07. The van der Waals surface area contributed by atoms with Crippen molar-refractivity contribution in [2.45, 2.75) is 18.9 Å². The van der Waals surface area contributed by atoms with Crippen LogP contribution in [0.3, 0.4) is 0 Å². The van der Waals surface area contributed by atoms with Crippen molar-refractivity contribution < 1.29 is 9.13 Å². The molecule has 0 bridgehead atoms. The molecule has 2 N–H and O–H groups in total. The molecule has 0 amide bonds. The number of hydrogen-bond donors (Lipinski definition) is 1. The number of benzene rings is 1. The van der Waals surface area contributed by atoms with Gasteiger partial charge in [0.05, 0.1) is 0 Å². The molecule has 16 heavy (non-hydrogen) atoms. The van der Waals surface area contributed by atoms with Gasteiger partial charge in [-0.15, -0.1) is 0 Å². The SMILES string of the molecule is CN(CCOc1cccc(F)c1N)C1CC1. The maximum Gasteiger partial charge on any atom is 0.149 e. The third kappa shape index (κ3) is 2.64. The first kappa shape index (κ1) is 11.2. The molecule has 0 atom stereocenters. The van der Waals surface area contributed by atoms with Crippen molar-refractivity contribution >= 4 is 5.69 Å². The van der Waals surface area contributed by atoms with Crippen molar-refractivity contribution in [1.29, 1.82) is 0 Å². The lowest BCUT2D eigenvalue weighted by atomic mass is 10.3. The van der Waals surface area contributed by atoms with Crippen LogP contribution in [0.5, 0.6) is 5.75 Å². The van der Waals surface area contributed by atoms with Crippen LogP contribution in [0.4, 0.5) is 10.1 Å². The Bertz CT molecular complexity index is 366. The van der Waals surface area contributed by atoms with E-state index in [1.54, 1.807) is 12.1 Å². The van der Waals surface area contributed by atoms with Crippen LogP contribution in [-0.2, 0) is 0 Å². The maximum atomic E-state index is 13.1. The highest BCUT2D eigenvalue weighted by atomic mass is 19.1. The summed E-state index contributed by atoms with van der Waals surface area (Å²) in [6, 6.07) is 5.34. The second kappa shape index (κ2) is 4.70. The van der Waals surface area contributed by atoms with Gasteiger partial charge in [0.2, 0.25) is 0 Å². The summed E-state index contributed by atoms with van der Waals surface area (Å²) in [5.41, 5.74) is 5.65. The standard InChI is InChI=1S/C12H17FN2O/c1-15(9-5-6-9)7-8-16-11-4-2-3-10(13)12(11)14/h2-4,9H,5-8,14H2,1H3. The Balaban J connectivity index is 1.82. The van der Waals surface area contributed by atoms with Crippen LogP contribution in [-0.4, -0.2) is 31.1 Å². The molecule has 0 unspecified atom stereocenters. The Hall–Kier alpha value is -1.29. The summed E-state index contributed by atoms with van der Waals surface area (Å²) in [5, 5.41) is 0. The molecule has 0 aliphatic heterocycles. The summed E-state index contributed by atoms with van der Waals surface area (Å²) in [6.45, 7) is 1.39. The largest absolute Gasteiger partial charge is 0.490 e. The first-order chi connectivity index (χ1) is 7.68. The van der Waals surface area contributed by atoms with E-state index in [0.717, 1.165) is 6.54 Å². The van der Waals surface area contributed by atoms with Crippen LogP contribution in [0.15, 0.2) is 18.2 Å². The van der Waals surface area contributed by atoms with Crippen molar-refractivity contribution in [1.82, 2.24) is 4.90 Å². The summed E-state index contributed by atoms with van der Waals surface area (Å²) in [5.74, 6) is 0.0113. The highest BCUT2D eigenvalue weighted by Gasteiger charge is 2.25. The lowest BCUT2D eigenvalue weighted by molar-refractivity contribution is 0.232. The van der Waals surface area contributed by atoms with E-state index in [1.165, 1.54) is 18.9 Å². The number of nitrogens with two attached hydrogens (primary N) is 1. The van der Waals surface area contributed by atoms with E-state index in [0.29, 0.717) is 18.4 Å². The number of anilines is 1. The summed E-state index contributed by atoms with van der Waals surface area (Å²) in [4.78, 5) is 2.26. The Labute approximate surface area is 95.0 Å². The van der Waals surface area contributed by atoms with Crippen LogP contribution in [0.25, 0.3) is 0 Å². The second-order valence-electron chi connectivity index (χ2n) is 4.21. The van der Waals surface area contributed by atoms with Crippen molar-refractivity contribution in [3.63, 3.8) is 0 Å². The van der Waals surface area contributed by atoms with E-state index < -0.39 is 5.82 Å². The highest BCUT2D eigenvalue weighted by Crippen LogP contribution is 2.26. The van der Waals surface area contributed by atoms with E-state index in [9.17, 15) is 4.39 Å². The minimum atomic E-state index is -0.423. The fourth-order valence-electron chi connectivity index (χ4n) is 1.64. The molecule has 88 valence electrons. The summed E-state index contributed by atoms with van der Waals surface area (Å²) >= 11 is 0. The van der Waals surface area contributed by atoms with Gasteiger partial charge >= 0.3 is 0 Å². The summed E-state index contributed by atoms with van der Waals surface area (Å²) < 4.78 is 18.5. The van der Waals surface area contributed by atoms with Gasteiger partial charge in [0, 0.05) is 12.6 Å². The topological polar surface area (TPSA) is 38.5 Å². The fraction of sp³-hybridized carbons (Fsp3) is 0.500. The molecule has 0 saturated heterocycles. The van der Waals surface area contributed by atoms with Crippen LogP contribution >= 0.6 is 0 Å². The van der Waals surface area contributed by atoms with E-state index >= 15 is 0 Å². The Kier molecular flexibility index (Phi) is 3.29. The maximum absolute atomic E-state index is 13.1. The minimum absolute atomic E-state index is 0.0941. The molecule has 1 saturated carbocycles. The van der Waals surface area contributed by atoms with Gasteiger partial charge in [0.25, 0.3) is 0 Å². The number of hydrogen-bond acceptors (Lipinski definition) is 3. The number of nitrogen functional groups attached to an aromatic ring is 1.